The molecule has 0 aliphatic carbocycles. The highest BCUT2D eigenvalue weighted by Gasteiger charge is 2.21. The lowest BCUT2D eigenvalue weighted by Crippen LogP contribution is -2.33. The lowest BCUT2D eigenvalue weighted by Gasteiger charge is -2.29. The number of nitriles is 1. The summed E-state index contributed by atoms with van der Waals surface area (Å²) >= 11 is 1.82. The van der Waals surface area contributed by atoms with E-state index in [2.05, 4.69) is 4.72 Å². The van der Waals surface area contributed by atoms with Crippen molar-refractivity contribution in [3.8, 4) is 6.07 Å². The van der Waals surface area contributed by atoms with Gasteiger partial charge in [-0.05, 0) is 42.5 Å². The summed E-state index contributed by atoms with van der Waals surface area (Å²) in [4.78, 5) is 13.7. The summed E-state index contributed by atoms with van der Waals surface area (Å²) in [5, 5.41) is 18.4. The van der Waals surface area contributed by atoms with Crippen molar-refractivity contribution in [1.29, 1.82) is 5.26 Å². The number of sulfonamides is 1. The molecule has 1 aliphatic rings. The molecule has 1 aliphatic heterocycles. The summed E-state index contributed by atoms with van der Waals surface area (Å²) in [5.74, 6) is 0.737. The lowest BCUT2D eigenvalue weighted by atomic mass is 10.1. The van der Waals surface area contributed by atoms with Crippen molar-refractivity contribution in [3.05, 3.63) is 53.6 Å². The number of hydrogen-bond acceptors (Lipinski definition) is 6. The van der Waals surface area contributed by atoms with Crippen LogP contribution < -0.4 is 9.62 Å². The third-order valence-electron chi connectivity index (χ3n) is 4.12. The molecule has 140 valence electrons. The zero-order valence-corrected chi connectivity index (χ0v) is 15.9. The smallest absolute Gasteiger partial charge is 0.337 e. The second-order valence-corrected chi connectivity index (χ2v) is 8.79. The van der Waals surface area contributed by atoms with E-state index < -0.39 is 16.0 Å². The van der Waals surface area contributed by atoms with Gasteiger partial charge in [0, 0.05) is 30.3 Å². The van der Waals surface area contributed by atoms with E-state index in [1.165, 1.54) is 30.3 Å². The molecule has 3 rings (SSSR count). The van der Waals surface area contributed by atoms with E-state index in [1.54, 1.807) is 12.1 Å². The summed E-state index contributed by atoms with van der Waals surface area (Å²) in [5.41, 5.74) is 1.17. The number of nitrogens with one attached hydrogen (secondary N) is 1. The van der Waals surface area contributed by atoms with Crippen molar-refractivity contribution in [1.82, 2.24) is 0 Å². The molecule has 27 heavy (non-hydrogen) atoms. The molecule has 0 amide bonds. The first-order valence-electron chi connectivity index (χ1n) is 8.14. The van der Waals surface area contributed by atoms with Gasteiger partial charge in [0.25, 0.3) is 10.0 Å². The van der Waals surface area contributed by atoms with Gasteiger partial charge in [-0.1, -0.05) is 0 Å². The van der Waals surface area contributed by atoms with Crippen LogP contribution in [0.15, 0.2) is 47.4 Å². The minimum atomic E-state index is -3.89. The lowest BCUT2D eigenvalue weighted by molar-refractivity contribution is 0.0697. The number of carbonyl (C=O) groups is 1. The van der Waals surface area contributed by atoms with Gasteiger partial charge < -0.3 is 10.0 Å². The summed E-state index contributed by atoms with van der Waals surface area (Å²) in [7, 11) is -3.89. The van der Waals surface area contributed by atoms with Crippen molar-refractivity contribution < 1.29 is 18.3 Å². The molecular formula is C18H17N3O4S2. The molecular weight excluding hydrogens is 386 g/mol. The Balaban J connectivity index is 1.89. The van der Waals surface area contributed by atoms with E-state index in [-0.39, 0.29) is 16.1 Å². The van der Waals surface area contributed by atoms with Crippen molar-refractivity contribution in [2.24, 2.45) is 0 Å². The number of rotatable bonds is 5. The maximum atomic E-state index is 12.5. The van der Waals surface area contributed by atoms with Crippen LogP contribution in [0.4, 0.5) is 11.4 Å². The van der Waals surface area contributed by atoms with Gasteiger partial charge in [-0.25, -0.2) is 13.2 Å². The van der Waals surface area contributed by atoms with Crippen LogP contribution in [0.2, 0.25) is 0 Å². The number of aromatic carboxylic acids is 1. The zero-order valence-electron chi connectivity index (χ0n) is 14.3. The third kappa shape index (κ3) is 4.35. The molecule has 2 aromatic rings. The molecule has 9 heteroatoms. The highest BCUT2D eigenvalue weighted by Crippen LogP contribution is 2.28. The van der Waals surface area contributed by atoms with Crippen LogP contribution >= 0.6 is 11.8 Å². The maximum Gasteiger partial charge on any atom is 0.337 e. The molecule has 0 bridgehead atoms. The van der Waals surface area contributed by atoms with Crippen LogP contribution in [0.5, 0.6) is 0 Å². The number of anilines is 2. The minimum Gasteiger partial charge on any atom is -0.478 e. The monoisotopic (exact) mass is 403 g/mol. The fraction of sp³-hybridized carbons (Fsp3) is 0.222. The summed E-state index contributed by atoms with van der Waals surface area (Å²) in [6.07, 6.45) is 0. The molecule has 0 radical (unpaired) electrons. The summed E-state index contributed by atoms with van der Waals surface area (Å²) in [6, 6.07) is 11.9. The second kappa shape index (κ2) is 7.90. The van der Waals surface area contributed by atoms with Crippen molar-refractivity contribution in [3.63, 3.8) is 0 Å². The first-order chi connectivity index (χ1) is 12.9. The third-order valence-corrected chi connectivity index (χ3v) is 6.46. The molecule has 7 nitrogen and oxygen atoms in total. The topological polar surface area (TPSA) is 110 Å². The quantitative estimate of drug-likeness (QED) is 0.789. The van der Waals surface area contributed by atoms with Crippen LogP contribution in [-0.4, -0.2) is 44.1 Å². The first-order valence-corrected chi connectivity index (χ1v) is 10.8. The SMILES string of the molecule is N#Cc1ccc(S(=O)(=O)Nc2ccc(N3CCSCC3)c(C(=O)O)c2)cc1. The van der Waals surface area contributed by atoms with Crippen LogP contribution in [0, 0.1) is 11.3 Å². The van der Waals surface area contributed by atoms with E-state index in [1.807, 2.05) is 22.7 Å². The Morgan fingerprint density at radius 2 is 1.81 bits per heavy atom. The van der Waals surface area contributed by atoms with E-state index >= 15 is 0 Å². The molecule has 1 fully saturated rings. The number of carboxylic acids is 1. The Morgan fingerprint density at radius 3 is 2.41 bits per heavy atom. The standard InChI is InChI=1S/C18H17N3O4S2/c19-12-13-1-4-15(5-2-13)27(24,25)20-14-3-6-17(16(11-14)18(22)23)21-7-9-26-10-8-21/h1-6,11,20H,7-10H2,(H,22,23). The van der Waals surface area contributed by atoms with Crippen LogP contribution in [0.1, 0.15) is 15.9 Å². The first kappa shape index (κ1) is 19.1. The van der Waals surface area contributed by atoms with E-state index in [0.29, 0.717) is 11.3 Å². The van der Waals surface area contributed by atoms with Crippen LogP contribution in [0.25, 0.3) is 0 Å². The van der Waals surface area contributed by atoms with E-state index in [9.17, 15) is 18.3 Å². The van der Waals surface area contributed by atoms with Crippen LogP contribution in [-0.2, 0) is 10.0 Å². The molecule has 0 aromatic heterocycles. The van der Waals surface area contributed by atoms with Gasteiger partial charge in [-0.3, -0.25) is 4.72 Å². The fourth-order valence-electron chi connectivity index (χ4n) is 2.77. The van der Waals surface area contributed by atoms with Gasteiger partial charge in [0.05, 0.1) is 27.8 Å². The summed E-state index contributed by atoms with van der Waals surface area (Å²) < 4.78 is 27.4. The van der Waals surface area contributed by atoms with Crippen molar-refractivity contribution in [2.75, 3.05) is 34.2 Å². The molecule has 1 heterocycles. The normalized spacial score (nSPS) is 14.4. The molecule has 2 N–H and O–H groups in total. The second-order valence-electron chi connectivity index (χ2n) is 5.88. The predicted molar refractivity (Wildman–Crippen MR) is 105 cm³/mol. The van der Waals surface area contributed by atoms with Crippen molar-refractivity contribution in [2.45, 2.75) is 4.90 Å². The number of carboxylic acid groups (broad SMARTS) is 1. The largest absolute Gasteiger partial charge is 0.478 e. The molecule has 0 unspecified atom stereocenters. The highest BCUT2D eigenvalue weighted by atomic mass is 32.2. The highest BCUT2D eigenvalue weighted by molar-refractivity contribution is 7.99. The average Bonchev–Trinajstić information content (AvgIpc) is 2.68. The minimum absolute atomic E-state index is 0.00416. The van der Waals surface area contributed by atoms with Gasteiger partial charge in [-0.15, -0.1) is 0 Å². The Kier molecular flexibility index (Phi) is 5.58. The van der Waals surface area contributed by atoms with Crippen LogP contribution in [0.3, 0.4) is 0 Å². The molecule has 0 spiro atoms. The van der Waals surface area contributed by atoms with Gasteiger partial charge in [0.15, 0.2) is 0 Å². The van der Waals surface area contributed by atoms with Gasteiger partial charge in [0.1, 0.15) is 0 Å². The fourth-order valence-corrected chi connectivity index (χ4v) is 4.73. The predicted octanol–water partition coefficient (Wildman–Crippen LogP) is 2.61. The Labute approximate surface area is 161 Å². The molecule has 2 aromatic carbocycles. The zero-order chi connectivity index (χ0) is 19.4. The van der Waals surface area contributed by atoms with Gasteiger partial charge in [0.2, 0.25) is 0 Å². The van der Waals surface area contributed by atoms with Gasteiger partial charge >= 0.3 is 5.97 Å². The Bertz CT molecular complexity index is 992. The maximum absolute atomic E-state index is 12.5. The molecule has 0 saturated carbocycles. The van der Waals surface area contributed by atoms with E-state index in [0.717, 1.165) is 24.6 Å². The summed E-state index contributed by atoms with van der Waals surface area (Å²) in [6.45, 7) is 1.50. The van der Waals surface area contributed by atoms with Gasteiger partial charge in [-0.2, -0.15) is 17.0 Å². The number of thioether (sulfide) groups is 1. The van der Waals surface area contributed by atoms with E-state index in [4.69, 9.17) is 5.26 Å². The average molecular weight is 403 g/mol. The van der Waals surface area contributed by atoms with Crippen molar-refractivity contribution >= 4 is 39.1 Å². The Morgan fingerprint density at radius 1 is 1.15 bits per heavy atom. The number of nitrogens with zero attached hydrogens (tertiary/aromatic N) is 2. The Hall–Kier alpha value is -2.70. The molecule has 0 atom stereocenters. The number of benzene rings is 2. The molecule has 1 saturated heterocycles. The number of hydrogen-bond donors (Lipinski definition) is 2.